The standard InChI is InChI=1S/C36H56F2O/c1-3-5-7-10-28-16-18-30(19-17-28)31-20-22-32(23-21-31)33-24-25-34(36(38)35(33)37)39-26-8-11-29-14-12-27(13-15-29)9-6-4-2/h20,22,24-25,27-32H,3-19,21,23,26H2,1-2H3. The van der Waals surface area contributed by atoms with Crippen LogP contribution in [-0.2, 0) is 0 Å². The molecule has 2 fully saturated rings. The monoisotopic (exact) mass is 542 g/mol. The summed E-state index contributed by atoms with van der Waals surface area (Å²) in [4.78, 5) is 0. The van der Waals surface area contributed by atoms with E-state index in [1.165, 1.54) is 96.3 Å². The van der Waals surface area contributed by atoms with Crippen LogP contribution in [0.4, 0.5) is 8.78 Å². The van der Waals surface area contributed by atoms with Crippen LogP contribution in [-0.4, -0.2) is 6.61 Å². The highest BCUT2D eigenvalue weighted by Crippen LogP contribution is 2.42. The minimum absolute atomic E-state index is 0.0253. The Balaban J connectivity index is 1.18. The summed E-state index contributed by atoms with van der Waals surface area (Å²) in [5.74, 6) is 2.56. The molecule has 3 aliphatic carbocycles. The summed E-state index contributed by atoms with van der Waals surface area (Å²) >= 11 is 0. The molecule has 2 atom stereocenters. The van der Waals surface area contributed by atoms with Gasteiger partial charge >= 0.3 is 0 Å². The van der Waals surface area contributed by atoms with E-state index in [0.29, 0.717) is 18.1 Å². The van der Waals surface area contributed by atoms with Crippen LogP contribution in [0.1, 0.15) is 147 Å². The Bertz CT molecular complexity index is 863. The Morgan fingerprint density at radius 3 is 1.87 bits per heavy atom. The fourth-order valence-corrected chi connectivity index (χ4v) is 7.88. The summed E-state index contributed by atoms with van der Waals surface area (Å²) in [6, 6.07) is 3.43. The molecule has 0 aromatic heterocycles. The number of allylic oxidation sites excluding steroid dienone is 2. The van der Waals surface area contributed by atoms with Gasteiger partial charge in [0.15, 0.2) is 11.6 Å². The van der Waals surface area contributed by atoms with Gasteiger partial charge in [-0.15, -0.1) is 0 Å². The fourth-order valence-electron chi connectivity index (χ4n) is 7.88. The summed E-state index contributed by atoms with van der Waals surface area (Å²) < 4.78 is 35.8. The summed E-state index contributed by atoms with van der Waals surface area (Å²) in [6.07, 6.45) is 28.9. The zero-order chi connectivity index (χ0) is 27.5. The van der Waals surface area contributed by atoms with E-state index in [0.717, 1.165) is 49.4 Å². The van der Waals surface area contributed by atoms with Gasteiger partial charge in [-0.1, -0.05) is 116 Å². The first kappa shape index (κ1) is 30.6. The topological polar surface area (TPSA) is 9.23 Å². The van der Waals surface area contributed by atoms with Crippen LogP contribution >= 0.6 is 0 Å². The van der Waals surface area contributed by atoms with E-state index in [1.807, 2.05) is 0 Å². The Morgan fingerprint density at radius 2 is 1.26 bits per heavy atom. The quantitative estimate of drug-likeness (QED) is 0.168. The van der Waals surface area contributed by atoms with Gasteiger partial charge in [0.25, 0.3) is 0 Å². The van der Waals surface area contributed by atoms with Gasteiger partial charge < -0.3 is 4.74 Å². The first-order valence-electron chi connectivity index (χ1n) is 16.9. The summed E-state index contributed by atoms with van der Waals surface area (Å²) in [5, 5.41) is 0. The first-order chi connectivity index (χ1) is 19.1. The minimum Gasteiger partial charge on any atom is -0.490 e. The predicted octanol–water partition coefficient (Wildman–Crippen LogP) is 11.6. The normalized spacial score (nSPS) is 29.4. The number of hydrogen-bond donors (Lipinski definition) is 0. The molecule has 220 valence electrons. The molecular formula is C36H56F2O. The molecule has 3 heteroatoms. The van der Waals surface area contributed by atoms with Crippen LogP contribution < -0.4 is 4.74 Å². The SMILES string of the molecule is CCCCCC1CCC(C2C=CC(c3ccc(OCCCC4CCC(CCCC)CC4)c(F)c3F)CC2)CC1. The van der Waals surface area contributed by atoms with Gasteiger partial charge in [-0.3, -0.25) is 0 Å². The van der Waals surface area contributed by atoms with Crippen LogP contribution in [0.25, 0.3) is 0 Å². The van der Waals surface area contributed by atoms with Crippen molar-refractivity contribution in [3.05, 3.63) is 41.5 Å². The van der Waals surface area contributed by atoms with Gasteiger partial charge in [-0.2, -0.15) is 4.39 Å². The van der Waals surface area contributed by atoms with E-state index >= 15 is 4.39 Å². The first-order valence-corrected chi connectivity index (χ1v) is 16.9. The lowest BCUT2D eigenvalue weighted by molar-refractivity contribution is 0.206. The molecule has 2 unspecified atom stereocenters. The van der Waals surface area contributed by atoms with Crippen molar-refractivity contribution in [2.45, 2.75) is 142 Å². The zero-order valence-electron chi connectivity index (χ0n) is 25.1. The molecule has 1 aromatic carbocycles. The van der Waals surface area contributed by atoms with Crippen LogP contribution in [0.2, 0.25) is 0 Å². The number of rotatable bonds is 14. The molecule has 0 saturated heterocycles. The predicted molar refractivity (Wildman–Crippen MR) is 160 cm³/mol. The second-order valence-electron chi connectivity index (χ2n) is 13.3. The molecular weight excluding hydrogens is 486 g/mol. The van der Waals surface area contributed by atoms with E-state index in [-0.39, 0.29) is 11.7 Å². The smallest absolute Gasteiger partial charge is 0.200 e. The molecule has 1 aromatic rings. The van der Waals surface area contributed by atoms with Crippen molar-refractivity contribution in [3.8, 4) is 5.75 Å². The molecule has 0 aliphatic heterocycles. The Morgan fingerprint density at radius 1 is 0.641 bits per heavy atom. The van der Waals surface area contributed by atoms with Gasteiger partial charge in [0.2, 0.25) is 5.82 Å². The number of benzene rings is 1. The maximum atomic E-state index is 15.1. The van der Waals surface area contributed by atoms with Crippen molar-refractivity contribution in [1.82, 2.24) is 0 Å². The van der Waals surface area contributed by atoms with Crippen molar-refractivity contribution in [2.24, 2.45) is 29.6 Å². The third kappa shape index (κ3) is 9.06. The minimum atomic E-state index is -0.805. The van der Waals surface area contributed by atoms with E-state index in [1.54, 1.807) is 12.1 Å². The fraction of sp³-hybridized carbons (Fsp3) is 0.778. The Kier molecular flexibility index (Phi) is 12.7. The van der Waals surface area contributed by atoms with E-state index < -0.39 is 11.6 Å². The van der Waals surface area contributed by atoms with Crippen molar-refractivity contribution in [3.63, 3.8) is 0 Å². The molecule has 0 spiro atoms. The van der Waals surface area contributed by atoms with Crippen LogP contribution in [0.5, 0.6) is 5.75 Å². The molecule has 0 N–H and O–H groups in total. The summed E-state index contributed by atoms with van der Waals surface area (Å²) in [5.41, 5.74) is 0.494. The Labute approximate surface area is 238 Å². The number of halogens is 2. The lowest BCUT2D eigenvalue weighted by Crippen LogP contribution is -2.23. The van der Waals surface area contributed by atoms with Gasteiger partial charge in [-0.25, -0.2) is 4.39 Å². The average Bonchev–Trinajstić information content (AvgIpc) is 2.97. The van der Waals surface area contributed by atoms with Crippen molar-refractivity contribution in [2.75, 3.05) is 6.61 Å². The van der Waals surface area contributed by atoms with E-state index in [4.69, 9.17) is 4.74 Å². The molecule has 0 radical (unpaired) electrons. The lowest BCUT2D eigenvalue weighted by Gasteiger charge is -2.35. The highest BCUT2D eigenvalue weighted by molar-refractivity contribution is 5.35. The van der Waals surface area contributed by atoms with E-state index in [9.17, 15) is 4.39 Å². The second kappa shape index (κ2) is 16.2. The third-order valence-corrected chi connectivity index (χ3v) is 10.5. The third-order valence-electron chi connectivity index (χ3n) is 10.5. The lowest BCUT2D eigenvalue weighted by atomic mass is 9.70. The van der Waals surface area contributed by atoms with E-state index in [2.05, 4.69) is 26.0 Å². The molecule has 1 nitrogen and oxygen atoms in total. The molecule has 4 rings (SSSR count). The van der Waals surface area contributed by atoms with Crippen LogP contribution in [0.15, 0.2) is 24.3 Å². The highest BCUT2D eigenvalue weighted by atomic mass is 19.2. The van der Waals surface area contributed by atoms with Crippen molar-refractivity contribution in [1.29, 1.82) is 0 Å². The Hall–Kier alpha value is -1.38. The maximum absolute atomic E-state index is 15.1. The van der Waals surface area contributed by atoms with Crippen molar-refractivity contribution >= 4 is 0 Å². The molecule has 0 amide bonds. The average molecular weight is 543 g/mol. The number of ether oxygens (including phenoxy) is 1. The second-order valence-corrected chi connectivity index (χ2v) is 13.3. The summed E-state index contributed by atoms with van der Waals surface area (Å²) in [6.45, 7) is 5.03. The van der Waals surface area contributed by atoms with Crippen LogP contribution in [0, 0.1) is 41.2 Å². The van der Waals surface area contributed by atoms with Gasteiger partial charge in [0.1, 0.15) is 0 Å². The van der Waals surface area contributed by atoms with Gasteiger partial charge in [0, 0.05) is 5.92 Å². The zero-order valence-corrected chi connectivity index (χ0v) is 25.1. The van der Waals surface area contributed by atoms with Crippen molar-refractivity contribution < 1.29 is 13.5 Å². The van der Waals surface area contributed by atoms with Gasteiger partial charge in [0.05, 0.1) is 6.61 Å². The molecule has 2 saturated carbocycles. The highest BCUT2D eigenvalue weighted by Gasteiger charge is 2.30. The number of unbranched alkanes of at least 4 members (excludes halogenated alkanes) is 3. The molecule has 0 bridgehead atoms. The molecule has 39 heavy (non-hydrogen) atoms. The molecule has 0 heterocycles. The largest absolute Gasteiger partial charge is 0.490 e. The summed E-state index contributed by atoms with van der Waals surface area (Å²) in [7, 11) is 0. The van der Waals surface area contributed by atoms with Crippen LogP contribution in [0.3, 0.4) is 0 Å². The maximum Gasteiger partial charge on any atom is 0.200 e. The van der Waals surface area contributed by atoms with Gasteiger partial charge in [-0.05, 0) is 79.7 Å². The molecule has 3 aliphatic rings. The number of hydrogen-bond acceptors (Lipinski definition) is 1.